The summed E-state index contributed by atoms with van der Waals surface area (Å²) in [7, 11) is 0. The summed E-state index contributed by atoms with van der Waals surface area (Å²) in [6.07, 6.45) is 0. The van der Waals surface area contributed by atoms with Crippen LogP contribution >= 0.6 is 0 Å². The Bertz CT molecular complexity index is 957. The smallest absolute Gasteiger partial charge is 0.223 e. The highest BCUT2D eigenvalue weighted by Crippen LogP contribution is 2.50. The van der Waals surface area contributed by atoms with Gasteiger partial charge in [-0.2, -0.15) is 0 Å². The molecule has 3 aromatic rings. The molecule has 2 aliphatic rings. The van der Waals surface area contributed by atoms with Crippen LogP contribution in [-0.4, -0.2) is 0 Å². The molecule has 0 amide bonds. The molecule has 2 heteroatoms. The van der Waals surface area contributed by atoms with Crippen LogP contribution < -0.4 is 0 Å². The van der Waals surface area contributed by atoms with Crippen LogP contribution in [0.2, 0.25) is 0 Å². The summed E-state index contributed by atoms with van der Waals surface area (Å²) in [6, 6.07) is 21.0. The van der Waals surface area contributed by atoms with Crippen molar-refractivity contribution in [1.29, 1.82) is 0 Å². The first-order valence-corrected chi connectivity index (χ1v) is 7.86. The van der Waals surface area contributed by atoms with Gasteiger partial charge in [0, 0.05) is 11.1 Å². The molecular weight excluding hydrogens is 284 g/mol. The Hall–Kier alpha value is -2.42. The van der Waals surface area contributed by atoms with E-state index < -0.39 is 5.79 Å². The lowest BCUT2D eigenvalue weighted by molar-refractivity contribution is -0.207. The molecule has 0 saturated carbocycles. The van der Waals surface area contributed by atoms with Gasteiger partial charge in [-0.05, 0) is 39.6 Å². The van der Waals surface area contributed by atoms with Crippen LogP contribution in [0.3, 0.4) is 0 Å². The zero-order valence-electron chi connectivity index (χ0n) is 12.7. The number of hydrogen-bond donors (Lipinski definition) is 0. The van der Waals surface area contributed by atoms with Crippen molar-refractivity contribution in [3.8, 4) is 0 Å². The van der Waals surface area contributed by atoms with Gasteiger partial charge in [0.2, 0.25) is 5.79 Å². The van der Waals surface area contributed by atoms with E-state index in [0.29, 0.717) is 13.2 Å². The molecule has 2 heterocycles. The lowest BCUT2D eigenvalue weighted by Crippen LogP contribution is -2.34. The minimum Gasteiger partial charge on any atom is -0.337 e. The van der Waals surface area contributed by atoms with Gasteiger partial charge in [-0.15, -0.1) is 0 Å². The van der Waals surface area contributed by atoms with E-state index >= 15 is 0 Å². The maximum atomic E-state index is 6.22. The first-order chi connectivity index (χ1) is 11.3. The molecule has 3 aromatic carbocycles. The summed E-state index contributed by atoms with van der Waals surface area (Å²) in [5, 5.41) is 2.45. The van der Waals surface area contributed by atoms with E-state index in [2.05, 4.69) is 55.1 Å². The van der Waals surface area contributed by atoms with Gasteiger partial charge in [0.25, 0.3) is 0 Å². The van der Waals surface area contributed by atoms with E-state index in [0.717, 1.165) is 16.7 Å². The normalized spacial score (nSPS) is 22.3. The Morgan fingerprint density at radius 2 is 1.43 bits per heavy atom. The van der Waals surface area contributed by atoms with Crippen molar-refractivity contribution < 1.29 is 9.47 Å². The second-order valence-electron chi connectivity index (χ2n) is 6.19. The molecule has 5 rings (SSSR count). The first kappa shape index (κ1) is 13.1. The Balaban J connectivity index is 1.71. The Morgan fingerprint density at radius 1 is 0.783 bits per heavy atom. The van der Waals surface area contributed by atoms with Crippen LogP contribution in [0, 0.1) is 0 Å². The van der Waals surface area contributed by atoms with Crippen molar-refractivity contribution in [2.75, 3.05) is 0 Å². The summed E-state index contributed by atoms with van der Waals surface area (Å²) in [5.74, 6) is -0.827. The zero-order valence-corrected chi connectivity index (χ0v) is 12.7. The summed E-state index contributed by atoms with van der Waals surface area (Å²) in [4.78, 5) is 0. The van der Waals surface area contributed by atoms with E-state index in [-0.39, 0.29) is 0 Å². The average molecular weight is 300 g/mol. The monoisotopic (exact) mass is 300 g/mol. The zero-order chi connectivity index (χ0) is 15.4. The molecule has 0 aromatic heterocycles. The van der Waals surface area contributed by atoms with Gasteiger partial charge < -0.3 is 9.47 Å². The molecule has 0 fully saturated rings. The molecule has 2 nitrogen and oxygen atoms in total. The van der Waals surface area contributed by atoms with Crippen molar-refractivity contribution in [3.05, 3.63) is 89.5 Å². The number of hydrogen-bond acceptors (Lipinski definition) is 2. The van der Waals surface area contributed by atoms with Gasteiger partial charge in [0.05, 0.1) is 13.2 Å². The fourth-order valence-corrected chi connectivity index (χ4v) is 3.73. The maximum Gasteiger partial charge on any atom is 0.223 e. The van der Waals surface area contributed by atoms with Crippen LogP contribution in [-0.2, 0) is 28.5 Å². The fraction of sp³-hybridized carbons (Fsp3) is 0.143. The Labute approximate surface area is 135 Å². The molecule has 0 N–H and O–H groups in total. The molecule has 112 valence electrons. The van der Waals surface area contributed by atoms with Gasteiger partial charge in [0.15, 0.2) is 0 Å². The van der Waals surface area contributed by atoms with Gasteiger partial charge in [-0.3, -0.25) is 0 Å². The third-order valence-corrected chi connectivity index (χ3v) is 4.93. The van der Waals surface area contributed by atoms with Crippen LogP contribution in [0.15, 0.2) is 67.2 Å². The molecule has 0 radical (unpaired) electrons. The molecule has 1 unspecified atom stereocenters. The second-order valence-corrected chi connectivity index (χ2v) is 6.19. The summed E-state index contributed by atoms with van der Waals surface area (Å²) < 4.78 is 12.3. The number of ether oxygens (including phenoxy) is 2. The fourth-order valence-electron chi connectivity index (χ4n) is 3.73. The van der Waals surface area contributed by atoms with Gasteiger partial charge in [0.1, 0.15) is 0 Å². The van der Waals surface area contributed by atoms with Crippen molar-refractivity contribution in [1.82, 2.24) is 0 Å². The highest BCUT2D eigenvalue weighted by molar-refractivity contribution is 5.89. The van der Waals surface area contributed by atoms with Crippen LogP contribution in [0.4, 0.5) is 0 Å². The molecule has 2 aliphatic heterocycles. The third-order valence-electron chi connectivity index (χ3n) is 4.93. The SMILES string of the molecule is C=C1c2cc3ccccc3cc2COC12OCc1ccccc12. The van der Waals surface area contributed by atoms with E-state index in [1.54, 1.807) is 0 Å². The second kappa shape index (κ2) is 4.54. The molecule has 1 spiro atoms. The van der Waals surface area contributed by atoms with Crippen molar-refractivity contribution >= 4 is 16.3 Å². The van der Waals surface area contributed by atoms with E-state index in [4.69, 9.17) is 9.47 Å². The van der Waals surface area contributed by atoms with E-state index in [9.17, 15) is 0 Å². The quantitative estimate of drug-likeness (QED) is 0.595. The highest BCUT2D eigenvalue weighted by Gasteiger charge is 2.47. The van der Waals surface area contributed by atoms with E-state index in [1.165, 1.54) is 21.9 Å². The van der Waals surface area contributed by atoms with Gasteiger partial charge in [-0.25, -0.2) is 0 Å². The molecule has 0 bridgehead atoms. The summed E-state index contributed by atoms with van der Waals surface area (Å²) in [6.45, 7) is 5.45. The van der Waals surface area contributed by atoms with Crippen LogP contribution in [0.25, 0.3) is 16.3 Å². The summed E-state index contributed by atoms with van der Waals surface area (Å²) in [5.41, 5.74) is 5.48. The Kier molecular flexibility index (Phi) is 2.58. The van der Waals surface area contributed by atoms with E-state index in [1.807, 2.05) is 12.1 Å². The van der Waals surface area contributed by atoms with Crippen molar-refractivity contribution in [3.63, 3.8) is 0 Å². The summed E-state index contributed by atoms with van der Waals surface area (Å²) >= 11 is 0. The average Bonchev–Trinajstić information content (AvgIpc) is 2.97. The number of fused-ring (bicyclic) bond motifs is 4. The minimum atomic E-state index is -0.827. The number of benzene rings is 3. The molecule has 0 aliphatic carbocycles. The molecule has 1 atom stereocenters. The standard InChI is InChI=1S/C21H16O2/c1-14-19-11-16-7-3-2-6-15(16)10-18(19)13-23-21(14)20-9-5-4-8-17(20)12-22-21/h2-11H,1,12-13H2. The van der Waals surface area contributed by atoms with Gasteiger partial charge in [-0.1, -0.05) is 55.1 Å². The molecule has 0 saturated heterocycles. The maximum absolute atomic E-state index is 6.22. The predicted octanol–water partition coefficient (Wildman–Crippen LogP) is 4.77. The largest absolute Gasteiger partial charge is 0.337 e. The lowest BCUT2D eigenvalue weighted by Gasteiger charge is -2.37. The highest BCUT2D eigenvalue weighted by atomic mass is 16.7. The third kappa shape index (κ3) is 1.70. The number of rotatable bonds is 0. The predicted molar refractivity (Wildman–Crippen MR) is 90.7 cm³/mol. The molecule has 23 heavy (non-hydrogen) atoms. The van der Waals surface area contributed by atoms with Crippen LogP contribution in [0.1, 0.15) is 22.3 Å². The molecular formula is C21H16O2. The van der Waals surface area contributed by atoms with Gasteiger partial charge >= 0.3 is 0 Å². The van der Waals surface area contributed by atoms with Crippen molar-refractivity contribution in [2.24, 2.45) is 0 Å². The topological polar surface area (TPSA) is 18.5 Å². The minimum absolute atomic E-state index is 0.535. The van der Waals surface area contributed by atoms with Crippen molar-refractivity contribution in [2.45, 2.75) is 19.0 Å². The Morgan fingerprint density at radius 3 is 2.26 bits per heavy atom. The van der Waals surface area contributed by atoms with Crippen LogP contribution in [0.5, 0.6) is 0 Å². The lowest BCUT2D eigenvalue weighted by atomic mass is 9.86. The first-order valence-electron chi connectivity index (χ1n) is 7.86.